The summed E-state index contributed by atoms with van der Waals surface area (Å²) in [4.78, 5) is 3.63. The first-order valence-electron chi connectivity index (χ1n) is 6.53. The second kappa shape index (κ2) is 3.49. The van der Waals surface area contributed by atoms with E-state index in [4.69, 9.17) is 0 Å². The summed E-state index contributed by atoms with van der Waals surface area (Å²) in [7, 11) is 0. The average Bonchev–Trinajstić information content (AvgIpc) is 2.79. The molecule has 1 nitrogen and oxygen atoms in total. The fourth-order valence-electron chi connectivity index (χ4n) is 3.15. The molecule has 3 aromatic rings. The monoisotopic (exact) mass is 233 g/mol. The summed E-state index contributed by atoms with van der Waals surface area (Å²) in [5, 5.41) is 1.37. The van der Waals surface area contributed by atoms with Gasteiger partial charge >= 0.3 is 0 Å². The number of aromatic amines is 1. The molecule has 0 radical (unpaired) electrons. The first kappa shape index (κ1) is 9.95. The van der Waals surface area contributed by atoms with Crippen LogP contribution in [0.4, 0.5) is 0 Å². The molecule has 18 heavy (non-hydrogen) atoms. The third-order valence-corrected chi connectivity index (χ3v) is 4.05. The Morgan fingerprint density at radius 1 is 0.944 bits per heavy atom. The molecule has 88 valence electrons. The van der Waals surface area contributed by atoms with E-state index in [2.05, 4.69) is 54.4 Å². The Hall–Kier alpha value is -2.02. The molecule has 0 amide bonds. The smallest absolute Gasteiger partial charge is 0.0492 e. The van der Waals surface area contributed by atoms with Gasteiger partial charge in [-0.05, 0) is 36.5 Å². The number of rotatable bonds is 0. The summed E-state index contributed by atoms with van der Waals surface area (Å²) in [6.45, 7) is 2.18. The summed E-state index contributed by atoms with van der Waals surface area (Å²) in [5.74, 6) is 0. The molecule has 1 heteroatoms. The first-order chi connectivity index (χ1) is 8.84. The highest BCUT2D eigenvalue weighted by molar-refractivity contribution is 6.00. The number of hydrogen-bond donors (Lipinski definition) is 1. The van der Waals surface area contributed by atoms with E-state index >= 15 is 0 Å². The minimum atomic E-state index is 1.13. The molecule has 0 fully saturated rings. The van der Waals surface area contributed by atoms with Crippen LogP contribution in [-0.4, -0.2) is 4.98 Å². The lowest BCUT2D eigenvalue weighted by molar-refractivity contribution is 0.914. The Morgan fingerprint density at radius 2 is 1.83 bits per heavy atom. The predicted molar refractivity (Wildman–Crippen MR) is 75.9 cm³/mol. The molecule has 1 aliphatic rings. The molecular weight excluding hydrogens is 218 g/mol. The highest BCUT2D eigenvalue weighted by Gasteiger charge is 2.20. The topological polar surface area (TPSA) is 15.8 Å². The molecule has 4 rings (SSSR count). The van der Waals surface area contributed by atoms with E-state index in [0.29, 0.717) is 0 Å². The maximum absolute atomic E-state index is 3.63. The van der Waals surface area contributed by atoms with Gasteiger partial charge in [-0.3, -0.25) is 0 Å². The second-order valence-corrected chi connectivity index (χ2v) is 5.13. The number of aromatic nitrogens is 1. The van der Waals surface area contributed by atoms with E-state index in [1.54, 1.807) is 0 Å². The lowest BCUT2D eigenvalue weighted by Gasteiger charge is -2.16. The van der Waals surface area contributed by atoms with Crippen molar-refractivity contribution in [2.45, 2.75) is 19.8 Å². The van der Waals surface area contributed by atoms with Crippen LogP contribution in [0.2, 0.25) is 0 Å². The van der Waals surface area contributed by atoms with Crippen molar-refractivity contribution in [3.63, 3.8) is 0 Å². The molecule has 0 bridgehead atoms. The maximum Gasteiger partial charge on any atom is 0.0492 e. The van der Waals surface area contributed by atoms with Gasteiger partial charge in [0.15, 0.2) is 0 Å². The lowest BCUT2D eigenvalue weighted by Crippen LogP contribution is -2.02. The second-order valence-electron chi connectivity index (χ2n) is 5.13. The van der Waals surface area contributed by atoms with Gasteiger partial charge in [-0.1, -0.05) is 42.5 Å². The number of para-hydroxylation sites is 1. The number of aryl methyl sites for hydroxylation is 3. The Kier molecular flexibility index (Phi) is 1.93. The lowest BCUT2D eigenvalue weighted by atomic mass is 9.88. The van der Waals surface area contributed by atoms with Crippen molar-refractivity contribution in [2.24, 2.45) is 0 Å². The van der Waals surface area contributed by atoms with Crippen LogP contribution in [0.25, 0.3) is 22.0 Å². The average molecular weight is 233 g/mol. The molecule has 0 atom stereocenters. The minimum Gasteiger partial charge on any atom is -0.358 e. The molecule has 0 spiro atoms. The molecule has 0 saturated heterocycles. The Labute approximate surface area is 106 Å². The van der Waals surface area contributed by atoms with Crippen LogP contribution in [0.5, 0.6) is 0 Å². The molecule has 1 aliphatic carbocycles. The number of H-pyrrole nitrogens is 1. The molecule has 1 N–H and O–H groups in total. The van der Waals surface area contributed by atoms with Crippen LogP contribution in [0.1, 0.15) is 16.8 Å². The number of benzene rings is 2. The van der Waals surface area contributed by atoms with Gasteiger partial charge in [0.2, 0.25) is 0 Å². The number of fused-ring (bicyclic) bond motifs is 5. The van der Waals surface area contributed by atoms with Crippen LogP contribution in [0.3, 0.4) is 0 Å². The molecular formula is C17H15N. The van der Waals surface area contributed by atoms with Crippen molar-refractivity contribution >= 4 is 10.9 Å². The molecule has 2 aromatic carbocycles. The molecule has 1 heterocycles. The van der Waals surface area contributed by atoms with Gasteiger partial charge in [-0.2, -0.15) is 0 Å². The fourth-order valence-corrected chi connectivity index (χ4v) is 3.15. The minimum absolute atomic E-state index is 1.13. The van der Waals surface area contributed by atoms with Crippen LogP contribution >= 0.6 is 0 Å². The predicted octanol–water partition coefficient (Wildman–Crippen LogP) is 4.24. The van der Waals surface area contributed by atoms with E-state index < -0.39 is 0 Å². The summed E-state index contributed by atoms with van der Waals surface area (Å²) in [6.07, 6.45) is 2.27. The fraction of sp³-hybridized carbons (Fsp3) is 0.176. The van der Waals surface area contributed by atoms with Gasteiger partial charge in [0, 0.05) is 22.2 Å². The Bertz CT molecular complexity index is 749. The molecule has 1 aromatic heterocycles. The molecule has 0 saturated carbocycles. The summed E-state index contributed by atoms with van der Waals surface area (Å²) < 4.78 is 0. The summed E-state index contributed by atoms with van der Waals surface area (Å²) in [6, 6.07) is 15.4. The van der Waals surface area contributed by atoms with Crippen molar-refractivity contribution in [3.8, 4) is 11.1 Å². The van der Waals surface area contributed by atoms with Gasteiger partial charge in [0.25, 0.3) is 0 Å². The number of hydrogen-bond acceptors (Lipinski definition) is 0. The van der Waals surface area contributed by atoms with E-state index in [1.807, 2.05) is 0 Å². The van der Waals surface area contributed by atoms with E-state index in [0.717, 1.165) is 12.8 Å². The van der Waals surface area contributed by atoms with Gasteiger partial charge < -0.3 is 4.98 Å². The van der Waals surface area contributed by atoms with Crippen molar-refractivity contribution in [1.29, 1.82) is 0 Å². The standard InChI is InChI=1S/C17H15N/c1-11-5-4-8-14-16-13-7-3-2-6-12(13)9-10-15(16)18-17(11)14/h2-8,18H,9-10H2,1H3. The quantitative estimate of drug-likeness (QED) is 0.597. The summed E-state index contributed by atoms with van der Waals surface area (Å²) >= 11 is 0. The zero-order valence-corrected chi connectivity index (χ0v) is 10.5. The van der Waals surface area contributed by atoms with Crippen molar-refractivity contribution in [3.05, 3.63) is 59.3 Å². The first-order valence-corrected chi connectivity index (χ1v) is 6.53. The normalized spacial score (nSPS) is 13.4. The molecule has 0 unspecified atom stereocenters. The SMILES string of the molecule is Cc1cccc2c3c([nH]c12)CCc1ccccc1-3. The van der Waals surface area contributed by atoms with E-state index in [-0.39, 0.29) is 0 Å². The zero-order valence-electron chi connectivity index (χ0n) is 10.5. The highest BCUT2D eigenvalue weighted by atomic mass is 14.7. The van der Waals surface area contributed by atoms with Crippen molar-refractivity contribution < 1.29 is 0 Å². The van der Waals surface area contributed by atoms with Crippen LogP contribution in [0, 0.1) is 6.92 Å². The zero-order chi connectivity index (χ0) is 12.1. The van der Waals surface area contributed by atoms with Crippen LogP contribution in [-0.2, 0) is 12.8 Å². The largest absolute Gasteiger partial charge is 0.358 e. The van der Waals surface area contributed by atoms with Gasteiger partial charge in [0.05, 0.1) is 0 Å². The van der Waals surface area contributed by atoms with Crippen molar-refractivity contribution in [1.82, 2.24) is 4.98 Å². The summed E-state index contributed by atoms with van der Waals surface area (Å²) in [5.41, 5.74) is 8.36. The van der Waals surface area contributed by atoms with E-state index in [9.17, 15) is 0 Å². The maximum atomic E-state index is 3.63. The number of nitrogens with one attached hydrogen (secondary N) is 1. The van der Waals surface area contributed by atoms with Crippen LogP contribution in [0.15, 0.2) is 42.5 Å². The highest BCUT2D eigenvalue weighted by Crippen LogP contribution is 2.39. The van der Waals surface area contributed by atoms with Gasteiger partial charge in [-0.15, -0.1) is 0 Å². The van der Waals surface area contributed by atoms with Crippen LogP contribution < -0.4 is 0 Å². The van der Waals surface area contributed by atoms with Gasteiger partial charge in [0.1, 0.15) is 0 Å². The van der Waals surface area contributed by atoms with Gasteiger partial charge in [-0.25, -0.2) is 0 Å². The third kappa shape index (κ3) is 1.22. The molecule has 0 aliphatic heterocycles. The van der Waals surface area contributed by atoms with Crippen molar-refractivity contribution in [2.75, 3.05) is 0 Å². The Morgan fingerprint density at radius 3 is 2.78 bits per heavy atom. The van der Waals surface area contributed by atoms with E-state index in [1.165, 1.54) is 38.9 Å². The Balaban J connectivity index is 2.14. The third-order valence-electron chi connectivity index (χ3n) is 4.05.